The summed E-state index contributed by atoms with van der Waals surface area (Å²) in [7, 11) is 0. The maximum Gasteiger partial charge on any atom is 0.0583 e. The number of halogens is 1. The second-order valence-corrected chi connectivity index (χ2v) is 4.40. The molecule has 1 aliphatic heterocycles. The van der Waals surface area contributed by atoms with Gasteiger partial charge < -0.3 is 10.0 Å². The number of rotatable bonds is 2. The molecular formula is C9H16ClNO. The van der Waals surface area contributed by atoms with Gasteiger partial charge in [0.05, 0.1) is 6.10 Å². The van der Waals surface area contributed by atoms with Crippen molar-refractivity contribution in [2.24, 2.45) is 11.8 Å². The van der Waals surface area contributed by atoms with Crippen LogP contribution in [-0.2, 0) is 0 Å². The Morgan fingerprint density at radius 2 is 2.17 bits per heavy atom. The molecule has 1 N–H and O–H groups in total. The molecule has 2 rings (SSSR count). The van der Waals surface area contributed by atoms with Gasteiger partial charge in [0.25, 0.3) is 0 Å². The van der Waals surface area contributed by atoms with Gasteiger partial charge in [0.15, 0.2) is 0 Å². The summed E-state index contributed by atoms with van der Waals surface area (Å²) in [6, 6.07) is 0. The molecule has 2 aliphatic rings. The third kappa shape index (κ3) is 1.48. The Morgan fingerprint density at radius 1 is 1.33 bits per heavy atom. The fraction of sp³-hybridized carbons (Fsp3) is 1.00. The molecule has 3 unspecified atom stereocenters. The third-order valence-electron chi connectivity index (χ3n) is 3.30. The molecule has 3 heteroatoms. The first-order valence-electron chi connectivity index (χ1n) is 4.77. The van der Waals surface area contributed by atoms with E-state index in [-0.39, 0.29) is 6.10 Å². The fourth-order valence-electron chi connectivity index (χ4n) is 2.63. The number of hydrogen-bond donors (Lipinski definition) is 1. The normalized spacial score (nSPS) is 42.0. The molecule has 3 atom stereocenters. The first-order valence-corrected chi connectivity index (χ1v) is 5.31. The van der Waals surface area contributed by atoms with Crippen molar-refractivity contribution in [3.63, 3.8) is 0 Å². The molecule has 1 heterocycles. The van der Waals surface area contributed by atoms with E-state index in [2.05, 4.69) is 4.90 Å². The number of hydrogen-bond acceptors (Lipinski definition) is 2. The largest absolute Gasteiger partial charge is 0.393 e. The molecule has 0 spiro atoms. The summed E-state index contributed by atoms with van der Waals surface area (Å²) in [6.07, 6.45) is 2.20. The lowest BCUT2D eigenvalue weighted by molar-refractivity contribution is 0.125. The van der Waals surface area contributed by atoms with Crippen molar-refractivity contribution in [3.05, 3.63) is 0 Å². The van der Waals surface area contributed by atoms with Gasteiger partial charge in [-0.25, -0.2) is 0 Å². The lowest BCUT2D eigenvalue weighted by Gasteiger charge is -2.15. The predicted molar refractivity (Wildman–Crippen MR) is 49.4 cm³/mol. The van der Waals surface area contributed by atoms with E-state index < -0.39 is 0 Å². The highest BCUT2D eigenvalue weighted by atomic mass is 35.5. The van der Waals surface area contributed by atoms with Crippen LogP contribution in [0.5, 0.6) is 0 Å². The van der Waals surface area contributed by atoms with Crippen molar-refractivity contribution in [2.45, 2.75) is 18.9 Å². The summed E-state index contributed by atoms with van der Waals surface area (Å²) < 4.78 is 0. The number of fused-ring (bicyclic) bond motifs is 1. The average Bonchev–Trinajstić information content (AvgIpc) is 2.55. The molecule has 0 aromatic carbocycles. The molecule has 0 radical (unpaired) electrons. The van der Waals surface area contributed by atoms with Crippen LogP contribution in [0.25, 0.3) is 0 Å². The van der Waals surface area contributed by atoms with E-state index in [1.807, 2.05) is 0 Å². The maximum absolute atomic E-state index is 9.63. The Labute approximate surface area is 78.5 Å². The summed E-state index contributed by atoms with van der Waals surface area (Å²) in [4.78, 5) is 2.38. The van der Waals surface area contributed by atoms with Gasteiger partial charge in [0.1, 0.15) is 0 Å². The minimum absolute atomic E-state index is 0.0321. The highest BCUT2D eigenvalue weighted by Gasteiger charge is 2.41. The summed E-state index contributed by atoms with van der Waals surface area (Å²) in [5, 5.41) is 9.63. The smallest absolute Gasteiger partial charge is 0.0583 e. The number of likely N-dealkylation sites (tertiary alicyclic amines) is 1. The third-order valence-corrected chi connectivity index (χ3v) is 3.46. The molecule has 12 heavy (non-hydrogen) atoms. The Morgan fingerprint density at radius 3 is 2.83 bits per heavy atom. The van der Waals surface area contributed by atoms with Gasteiger partial charge in [0, 0.05) is 31.4 Å². The molecule has 1 saturated heterocycles. The number of aliphatic hydroxyl groups is 1. The zero-order chi connectivity index (χ0) is 8.55. The van der Waals surface area contributed by atoms with E-state index in [1.165, 1.54) is 6.42 Å². The quantitative estimate of drug-likeness (QED) is 0.654. The Balaban J connectivity index is 1.90. The second-order valence-electron chi connectivity index (χ2n) is 4.02. The van der Waals surface area contributed by atoms with Gasteiger partial charge in [0.2, 0.25) is 0 Å². The SMILES string of the molecule is OC1CCC2CN(CCCl)CC12. The molecule has 0 amide bonds. The van der Waals surface area contributed by atoms with Gasteiger partial charge in [-0.15, -0.1) is 11.6 Å². The molecule has 1 aliphatic carbocycles. The number of nitrogens with zero attached hydrogens (tertiary/aromatic N) is 1. The van der Waals surface area contributed by atoms with Crippen molar-refractivity contribution in [1.29, 1.82) is 0 Å². The Bertz CT molecular complexity index is 165. The van der Waals surface area contributed by atoms with E-state index in [1.54, 1.807) is 0 Å². The first kappa shape index (κ1) is 8.79. The lowest BCUT2D eigenvalue weighted by Crippen LogP contribution is -2.26. The monoisotopic (exact) mass is 189 g/mol. The molecular weight excluding hydrogens is 174 g/mol. The van der Waals surface area contributed by atoms with Crippen LogP contribution in [0.3, 0.4) is 0 Å². The summed E-state index contributed by atoms with van der Waals surface area (Å²) in [5.74, 6) is 2.02. The average molecular weight is 190 g/mol. The highest BCUT2D eigenvalue weighted by Crippen LogP contribution is 2.37. The van der Waals surface area contributed by atoms with E-state index in [4.69, 9.17) is 11.6 Å². The fourth-order valence-corrected chi connectivity index (χ4v) is 2.87. The van der Waals surface area contributed by atoms with Gasteiger partial charge >= 0.3 is 0 Å². The van der Waals surface area contributed by atoms with Gasteiger partial charge in [-0.3, -0.25) is 0 Å². The van der Waals surface area contributed by atoms with Gasteiger partial charge in [-0.05, 0) is 18.8 Å². The number of aliphatic hydroxyl groups excluding tert-OH is 1. The van der Waals surface area contributed by atoms with Crippen LogP contribution in [0.15, 0.2) is 0 Å². The Kier molecular flexibility index (Phi) is 2.58. The van der Waals surface area contributed by atoms with E-state index in [9.17, 15) is 5.11 Å². The molecule has 0 bridgehead atoms. The first-order chi connectivity index (χ1) is 5.81. The zero-order valence-electron chi connectivity index (χ0n) is 7.25. The molecule has 1 saturated carbocycles. The zero-order valence-corrected chi connectivity index (χ0v) is 8.00. The maximum atomic E-state index is 9.63. The van der Waals surface area contributed by atoms with E-state index in [0.29, 0.717) is 5.92 Å². The molecule has 2 fully saturated rings. The molecule has 2 nitrogen and oxygen atoms in total. The number of alkyl halides is 1. The van der Waals surface area contributed by atoms with Gasteiger partial charge in [-0.2, -0.15) is 0 Å². The lowest BCUT2D eigenvalue weighted by atomic mass is 10.00. The molecule has 70 valence electrons. The highest BCUT2D eigenvalue weighted by molar-refractivity contribution is 6.18. The van der Waals surface area contributed by atoms with Crippen LogP contribution >= 0.6 is 11.6 Å². The van der Waals surface area contributed by atoms with Crippen molar-refractivity contribution < 1.29 is 5.11 Å². The molecule has 0 aromatic rings. The van der Waals surface area contributed by atoms with Gasteiger partial charge in [-0.1, -0.05) is 0 Å². The van der Waals surface area contributed by atoms with Crippen LogP contribution < -0.4 is 0 Å². The Hall–Kier alpha value is 0.210. The summed E-state index contributed by atoms with van der Waals surface area (Å²) >= 11 is 5.67. The van der Waals surface area contributed by atoms with Crippen LogP contribution in [0.4, 0.5) is 0 Å². The minimum atomic E-state index is -0.0321. The molecule has 0 aromatic heterocycles. The van der Waals surface area contributed by atoms with Crippen LogP contribution in [-0.4, -0.2) is 41.6 Å². The second kappa shape index (κ2) is 3.52. The van der Waals surface area contributed by atoms with Crippen molar-refractivity contribution >= 4 is 11.6 Å². The van der Waals surface area contributed by atoms with Crippen molar-refractivity contribution in [2.75, 3.05) is 25.5 Å². The van der Waals surface area contributed by atoms with E-state index in [0.717, 1.165) is 37.9 Å². The summed E-state index contributed by atoms with van der Waals surface area (Å²) in [6.45, 7) is 3.22. The van der Waals surface area contributed by atoms with E-state index >= 15 is 0 Å². The standard InChI is InChI=1S/C9H16ClNO/c10-3-4-11-5-7-1-2-9(12)8(7)6-11/h7-9,12H,1-6H2. The van der Waals surface area contributed by atoms with Crippen LogP contribution in [0, 0.1) is 11.8 Å². The topological polar surface area (TPSA) is 23.5 Å². The summed E-state index contributed by atoms with van der Waals surface area (Å²) in [5.41, 5.74) is 0. The van der Waals surface area contributed by atoms with Crippen LogP contribution in [0.1, 0.15) is 12.8 Å². The van der Waals surface area contributed by atoms with Crippen LogP contribution in [0.2, 0.25) is 0 Å². The van der Waals surface area contributed by atoms with Crippen molar-refractivity contribution in [1.82, 2.24) is 4.90 Å². The minimum Gasteiger partial charge on any atom is -0.393 e. The predicted octanol–water partition coefficient (Wildman–Crippen LogP) is 0.928. The van der Waals surface area contributed by atoms with Crippen molar-refractivity contribution in [3.8, 4) is 0 Å².